The second-order valence-electron chi connectivity index (χ2n) is 14.3. The molecule has 306 valence electrons. The van der Waals surface area contributed by atoms with E-state index in [9.17, 15) is 19.5 Å². The van der Waals surface area contributed by atoms with Gasteiger partial charge in [0.25, 0.3) is 6.47 Å². The number of allylic oxidation sites excluding steroid dienone is 14. The first kappa shape index (κ1) is 55.0. The summed E-state index contributed by atoms with van der Waals surface area (Å²) in [6.07, 6.45) is 45.0. The van der Waals surface area contributed by atoms with Crippen LogP contribution in [0.4, 0.5) is 0 Å². The second-order valence-corrected chi connectivity index (χ2v) is 14.3. The summed E-state index contributed by atoms with van der Waals surface area (Å²) in [6.45, 7) is 5.16. The summed E-state index contributed by atoms with van der Waals surface area (Å²) in [4.78, 5) is 44.9. The number of ether oxygens (including phenoxy) is 1. The minimum absolute atomic E-state index is 0. The normalized spacial score (nSPS) is 31.1. The van der Waals surface area contributed by atoms with E-state index >= 15 is 0 Å². The van der Waals surface area contributed by atoms with Gasteiger partial charge in [-0.05, 0) is 99.4 Å². The first-order valence-electron chi connectivity index (χ1n) is 19.5. The van der Waals surface area contributed by atoms with Crippen LogP contribution in [-0.4, -0.2) is 58.5 Å². The predicted molar refractivity (Wildman–Crippen MR) is 209 cm³/mol. The maximum absolute atomic E-state index is 11.0. The van der Waals surface area contributed by atoms with Gasteiger partial charge in [-0.2, -0.15) is 5.26 Å². The molecule has 57 heavy (non-hydrogen) atoms. The summed E-state index contributed by atoms with van der Waals surface area (Å²) in [6, 6.07) is 0. The monoisotopic (exact) mass is 812 g/mol. The van der Waals surface area contributed by atoms with E-state index in [1.807, 2.05) is 18.2 Å². The van der Waals surface area contributed by atoms with Crippen LogP contribution in [0.5, 0.6) is 0 Å². The second kappa shape index (κ2) is 32.8. The van der Waals surface area contributed by atoms with Crippen molar-refractivity contribution in [3.63, 3.8) is 0 Å². The number of aliphatic hydroxyl groups is 2. The molecule has 0 aromatic carbocycles. The fraction of sp³-hybridized carbons (Fsp3) is 0.545. The Morgan fingerprint density at radius 3 is 1.81 bits per heavy atom. The van der Waals surface area contributed by atoms with Gasteiger partial charge < -0.3 is 36.2 Å². The summed E-state index contributed by atoms with van der Waals surface area (Å²) in [5, 5.41) is 34.1. The van der Waals surface area contributed by atoms with Crippen molar-refractivity contribution in [1.82, 2.24) is 0 Å². The Morgan fingerprint density at radius 1 is 0.842 bits per heavy atom. The molecule has 1 heterocycles. The zero-order valence-electron chi connectivity index (χ0n) is 35.4. The Bertz CT molecular complexity index is 1380. The summed E-state index contributed by atoms with van der Waals surface area (Å²) in [5.74, 6) is 4.25. The van der Waals surface area contributed by atoms with Crippen LogP contribution in [0, 0.1) is 47.3 Å². The molecule has 0 aromatic heterocycles. The molecule has 11 nitrogen and oxygen atoms in total. The fourth-order valence-corrected chi connectivity index (χ4v) is 7.09. The van der Waals surface area contributed by atoms with Crippen molar-refractivity contribution in [3.05, 3.63) is 97.2 Å². The molecule has 8 aliphatic rings. The van der Waals surface area contributed by atoms with Gasteiger partial charge in [0.05, 0.1) is 12.2 Å². The number of carbonyl (C=O) groups excluding carboxylic acids is 4. The Hall–Kier alpha value is -2.00. The minimum Gasteiger partial charge on any atom is -1.00 e. The molecule has 0 spiro atoms. The van der Waals surface area contributed by atoms with Crippen molar-refractivity contribution in [2.75, 3.05) is 0 Å². The molecule has 5 unspecified atom stereocenters. The zero-order chi connectivity index (χ0) is 40.4. The number of rotatable bonds is 8. The van der Waals surface area contributed by atoms with Gasteiger partial charge in [0.2, 0.25) is 0 Å². The minimum atomic E-state index is -0.690. The van der Waals surface area contributed by atoms with Gasteiger partial charge in [-0.15, -0.1) is 0 Å². The third kappa shape index (κ3) is 22.3. The van der Waals surface area contributed by atoms with Crippen LogP contribution in [-0.2, 0) is 33.7 Å². The van der Waals surface area contributed by atoms with Crippen molar-refractivity contribution < 1.29 is 115 Å². The standard InChI is InChI=1S/C10H16O.C10H14O.C7H10O2.C7H8O.C7H8.C2H4O3.CH2O3.2Na.H/c2*1-2-3-4-6-9-7-5-8-10(9)11;8-7-4-5-2-1-3-6(5)9-7;8-4-7-5-2-1-3-6(5)7;1-2-7-4-3-6(1)5-7;1-2(3)5-4;2-1-4-3;;;/h3-5,8-11H,2,6-7H2,1H3;3-5,8-9H,2,6-7H2,1H3;1,3,5-8H,2,4H2;1-2,4-7H,3H2;1-4,6-7H,5H2;4H,1H3;1,3H;;;/q;;;;;;;2*+1;-1/p-1/b2*4-3-;;;;;;;;/t9-,10+;9-;5-,6?,7?;;;;;;;/m001......./s1. The Kier molecular flexibility index (Phi) is 31.7. The molecule has 0 aromatic rings. The maximum atomic E-state index is 11.0. The van der Waals surface area contributed by atoms with Crippen LogP contribution in [0.15, 0.2) is 97.2 Å². The van der Waals surface area contributed by atoms with Crippen molar-refractivity contribution >= 4 is 24.5 Å². The molecule has 1 saturated heterocycles. The summed E-state index contributed by atoms with van der Waals surface area (Å²) in [5.41, 5.74) is 0. The third-order valence-electron chi connectivity index (χ3n) is 10.2. The Labute approximate surface area is 384 Å². The van der Waals surface area contributed by atoms with Crippen LogP contribution in [0.3, 0.4) is 0 Å². The van der Waals surface area contributed by atoms with E-state index in [1.165, 1.54) is 6.42 Å². The van der Waals surface area contributed by atoms with Crippen LogP contribution < -0.4 is 64.4 Å². The average molecular weight is 813 g/mol. The quantitative estimate of drug-likeness (QED) is 0.104. The number of carbonyl (C=O) groups is 4. The number of aliphatic hydroxyl groups excluding tert-OH is 2. The zero-order valence-corrected chi connectivity index (χ0v) is 38.4. The van der Waals surface area contributed by atoms with Gasteiger partial charge >= 0.3 is 65.1 Å². The third-order valence-corrected chi connectivity index (χ3v) is 10.2. The Balaban J connectivity index is 0. The smallest absolute Gasteiger partial charge is 1.00 e. The van der Waals surface area contributed by atoms with Crippen molar-refractivity contribution in [2.24, 2.45) is 47.3 Å². The molecular formula is C44H62Na2O11. The molecule has 0 radical (unpaired) electrons. The van der Waals surface area contributed by atoms with Crippen molar-refractivity contribution in [2.45, 2.75) is 103 Å². The van der Waals surface area contributed by atoms with E-state index in [-0.39, 0.29) is 85.1 Å². The van der Waals surface area contributed by atoms with Crippen LogP contribution in [0.1, 0.15) is 86.4 Å². The molecule has 0 amide bonds. The van der Waals surface area contributed by atoms with Gasteiger partial charge in [-0.3, -0.25) is 9.59 Å². The van der Waals surface area contributed by atoms with E-state index < -0.39 is 12.3 Å². The van der Waals surface area contributed by atoms with Gasteiger partial charge in [0.15, 0.2) is 12.1 Å². The molecule has 2 fully saturated rings. The van der Waals surface area contributed by atoms with Crippen LogP contribution >= 0.6 is 0 Å². The number of aldehydes is 1. The first-order valence-corrected chi connectivity index (χ1v) is 19.5. The van der Waals surface area contributed by atoms with Gasteiger partial charge in [0.1, 0.15) is 6.29 Å². The maximum Gasteiger partial charge on any atom is 1.00 e. The van der Waals surface area contributed by atoms with Gasteiger partial charge in [0, 0.05) is 25.2 Å². The number of hydrogen-bond acceptors (Lipinski definition) is 11. The van der Waals surface area contributed by atoms with E-state index in [1.54, 1.807) is 6.08 Å². The topological polar surface area (TPSA) is 180 Å². The molecule has 13 heteroatoms. The fourth-order valence-electron chi connectivity index (χ4n) is 7.09. The largest absolute Gasteiger partial charge is 1.00 e. The molecule has 3 N–H and O–H groups in total. The van der Waals surface area contributed by atoms with E-state index in [0.717, 1.165) is 82.8 Å². The van der Waals surface area contributed by atoms with Crippen LogP contribution in [0.2, 0.25) is 0 Å². The molecule has 9 atom stereocenters. The Morgan fingerprint density at radius 2 is 1.42 bits per heavy atom. The van der Waals surface area contributed by atoms with Crippen LogP contribution in [0.25, 0.3) is 0 Å². The predicted octanol–water partition coefficient (Wildman–Crippen LogP) is 0.771. The molecular weight excluding hydrogens is 750 g/mol. The number of hydrogen-bond donors (Lipinski definition) is 3. The molecule has 1 aliphatic heterocycles. The molecule has 7 aliphatic carbocycles. The van der Waals surface area contributed by atoms with E-state index in [2.05, 4.69) is 96.5 Å². The SMILES string of the molecule is C1=CC2C=CC1C2.CC(=O)OO.CC/C=C\C[C@H]1CC=CC1=O.CC/C=C\C[C@H]1CC=C[C@H]1O.O=CC1C2C=CCC12.O=CO[O-].OC1C[C@H]2CC=CC2O1.[H-].[Na+].[Na+]. The van der Waals surface area contributed by atoms with Gasteiger partial charge in [-0.25, -0.2) is 4.79 Å². The number of fused-ring (bicyclic) bond motifs is 4. The van der Waals surface area contributed by atoms with Gasteiger partial charge in [-0.1, -0.05) is 105 Å². The number of ketones is 1. The van der Waals surface area contributed by atoms with Crippen molar-refractivity contribution in [1.29, 1.82) is 0 Å². The summed E-state index contributed by atoms with van der Waals surface area (Å²) >= 11 is 0. The van der Waals surface area contributed by atoms with Crippen molar-refractivity contribution in [3.8, 4) is 0 Å². The summed E-state index contributed by atoms with van der Waals surface area (Å²) in [7, 11) is 0. The molecule has 2 bridgehead atoms. The molecule has 1 saturated carbocycles. The van der Waals surface area contributed by atoms with E-state index in [0.29, 0.717) is 35.4 Å². The average Bonchev–Trinajstić information content (AvgIpc) is 4.02. The molecule has 8 rings (SSSR count). The first-order chi connectivity index (χ1) is 26.6. The summed E-state index contributed by atoms with van der Waals surface area (Å²) < 4.78 is 5.15. The van der Waals surface area contributed by atoms with E-state index in [4.69, 9.17) is 25.2 Å².